The zero-order valence-electron chi connectivity index (χ0n) is 10.5. The Morgan fingerprint density at radius 1 is 1.15 bits per heavy atom. The highest BCUT2D eigenvalue weighted by Crippen LogP contribution is 2.36. The monoisotopic (exact) mass is 366 g/mol. The first kappa shape index (κ1) is 14.1. The van der Waals surface area contributed by atoms with Gasteiger partial charge in [-0.05, 0) is 38.3 Å². The van der Waals surface area contributed by atoms with Crippen molar-refractivity contribution < 1.29 is 5.11 Å². The Balaban J connectivity index is 1.93. The van der Waals surface area contributed by atoms with Crippen LogP contribution in [0.3, 0.4) is 0 Å². The summed E-state index contributed by atoms with van der Waals surface area (Å²) in [7, 11) is 0. The van der Waals surface area contributed by atoms with Crippen molar-refractivity contribution in [1.82, 2.24) is 0 Å². The summed E-state index contributed by atoms with van der Waals surface area (Å²) < 4.78 is 1.52. The van der Waals surface area contributed by atoms with Gasteiger partial charge in [-0.1, -0.05) is 54.1 Å². The Bertz CT molecular complexity index is 728. The maximum absolute atomic E-state index is 10.4. The number of thiophene rings is 1. The second-order valence-corrected chi connectivity index (χ2v) is 7.17. The highest BCUT2D eigenvalue weighted by atomic mass is 79.9. The summed E-state index contributed by atoms with van der Waals surface area (Å²) in [5.41, 5.74) is 1.15. The van der Waals surface area contributed by atoms with E-state index in [0.717, 1.165) is 14.9 Å². The Morgan fingerprint density at radius 2 is 1.90 bits per heavy atom. The van der Waals surface area contributed by atoms with E-state index in [1.54, 1.807) is 0 Å². The van der Waals surface area contributed by atoms with Crippen molar-refractivity contribution in [3.8, 4) is 0 Å². The van der Waals surface area contributed by atoms with Crippen LogP contribution in [0.15, 0.2) is 53.0 Å². The Hall–Kier alpha value is -0.870. The van der Waals surface area contributed by atoms with Gasteiger partial charge in [-0.3, -0.25) is 0 Å². The average molecular weight is 368 g/mol. The van der Waals surface area contributed by atoms with Crippen LogP contribution >= 0.6 is 38.9 Å². The van der Waals surface area contributed by atoms with E-state index < -0.39 is 6.10 Å². The minimum Gasteiger partial charge on any atom is -0.387 e. The molecule has 0 saturated carbocycles. The molecule has 0 aliphatic heterocycles. The molecule has 0 bridgehead atoms. The molecule has 0 aliphatic carbocycles. The average Bonchev–Trinajstić information content (AvgIpc) is 2.79. The van der Waals surface area contributed by atoms with E-state index >= 15 is 0 Å². The third-order valence-corrected chi connectivity index (χ3v) is 5.86. The quantitative estimate of drug-likeness (QED) is 0.639. The maximum atomic E-state index is 10.4. The minimum absolute atomic E-state index is 0.533. The highest BCUT2D eigenvalue weighted by Gasteiger charge is 2.15. The lowest BCUT2D eigenvalue weighted by Crippen LogP contribution is -2.00. The molecule has 0 saturated heterocycles. The molecular weight excluding hydrogens is 356 g/mol. The van der Waals surface area contributed by atoms with Crippen LogP contribution in [0.4, 0.5) is 0 Å². The maximum Gasteiger partial charge on any atom is 0.107 e. The van der Waals surface area contributed by atoms with Crippen molar-refractivity contribution in [1.29, 1.82) is 0 Å². The molecule has 1 atom stereocenters. The van der Waals surface area contributed by atoms with Crippen molar-refractivity contribution in [3.63, 3.8) is 0 Å². The lowest BCUT2D eigenvalue weighted by atomic mass is 9.99. The van der Waals surface area contributed by atoms with Crippen molar-refractivity contribution in [2.45, 2.75) is 12.5 Å². The van der Waals surface area contributed by atoms with E-state index in [9.17, 15) is 5.11 Å². The highest BCUT2D eigenvalue weighted by molar-refractivity contribution is 9.10. The van der Waals surface area contributed by atoms with Gasteiger partial charge >= 0.3 is 0 Å². The van der Waals surface area contributed by atoms with Gasteiger partial charge < -0.3 is 5.11 Å². The van der Waals surface area contributed by atoms with Gasteiger partial charge in [-0.15, -0.1) is 11.3 Å². The number of hydrogen-bond donors (Lipinski definition) is 1. The van der Waals surface area contributed by atoms with Gasteiger partial charge in [-0.25, -0.2) is 0 Å². The number of hydrogen-bond acceptors (Lipinski definition) is 2. The van der Waals surface area contributed by atoms with Crippen LogP contribution in [0, 0.1) is 0 Å². The fraction of sp³-hybridized carbons (Fsp3) is 0.125. The molecule has 1 unspecified atom stereocenters. The summed E-state index contributed by atoms with van der Waals surface area (Å²) >= 11 is 10.8. The predicted molar refractivity (Wildman–Crippen MR) is 89.6 cm³/mol. The van der Waals surface area contributed by atoms with Gasteiger partial charge in [0.05, 0.1) is 6.10 Å². The first-order valence-electron chi connectivity index (χ1n) is 6.24. The van der Waals surface area contributed by atoms with Crippen molar-refractivity contribution in [2.75, 3.05) is 0 Å². The number of fused-ring (bicyclic) bond motifs is 1. The molecular formula is C16H12BrClOS. The fourth-order valence-electron chi connectivity index (χ4n) is 2.31. The first-order chi connectivity index (χ1) is 9.65. The van der Waals surface area contributed by atoms with Crippen LogP contribution in [0.5, 0.6) is 0 Å². The van der Waals surface area contributed by atoms with Crippen LogP contribution in [0.2, 0.25) is 4.34 Å². The second kappa shape index (κ2) is 5.86. The largest absolute Gasteiger partial charge is 0.387 e. The number of benzene rings is 2. The number of aliphatic hydroxyl groups is 1. The number of aliphatic hydroxyl groups excluding tert-OH is 1. The molecule has 3 rings (SSSR count). The molecule has 1 N–H and O–H groups in total. The number of rotatable bonds is 3. The molecule has 102 valence electrons. The van der Waals surface area contributed by atoms with Gasteiger partial charge in [-0.2, -0.15) is 0 Å². The molecule has 0 aliphatic rings. The minimum atomic E-state index is -0.533. The summed E-state index contributed by atoms with van der Waals surface area (Å²) in [6.07, 6.45) is 0.0552. The molecule has 1 heterocycles. The fourth-order valence-corrected chi connectivity index (χ4v) is 4.03. The van der Waals surface area contributed by atoms with Crippen LogP contribution < -0.4 is 0 Å². The van der Waals surface area contributed by atoms with Crippen molar-refractivity contribution in [2.24, 2.45) is 0 Å². The predicted octanol–water partition coefficient (Wildman–Crippen LogP) is 5.59. The molecule has 0 radical (unpaired) electrons. The van der Waals surface area contributed by atoms with Crippen molar-refractivity contribution in [3.05, 3.63) is 67.8 Å². The topological polar surface area (TPSA) is 20.2 Å². The van der Waals surface area contributed by atoms with E-state index in [-0.39, 0.29) is 0 Å². The van der Waals surface area contributed by atoms with E-state index in [1.165, 1.54) is 22.1 Å². The van der Waals surface area contributed by atoms with E-state index in [1.807, 2.05) is 24.3 Å². The third kappa shape index (κ3) is 2.77. The molecule has 2 aromatic carbocycles. The number of halogens is 2. The molecule has 0 fully saturated rings. The van der Waals surface area contributed by atoms with Crippen LogP contribution in [-0.4, -0.2) is 5.11 Å². The van der Waals surface area contributed by atoms with Gasteiger partial charge in [0.2, 0.25) is 0 Å². The summed E-state index contributed by atoms with van der Waals surface area (Å²) in [6, 6.07) is 16.3. The lowest BCUT2D eigenvalue weighted by Gasteiger charge is -2.11. The molecule has 4 heteroatoms. The lowest BCUT2D eigenvalue weighted by molar-refractivity contribution is 0.182. The van der Waals surface area contributed by atoms with Crippen molar-refractivity contribution >= 4 is 49.6 Å². The Labute approximate surface area is 135 Å². The summed E-state index contributed by atoms with van der Waals surface area (Å²) in [5, 5.41) is 12.8. The normalized spacial score (nSPS) is 12.8. The first-order valence-corrected chi connectivity index (χ1v) is 8.23. The zero-order chi connectivity index (χ0) is 14.1. The third-order valence-electron chi connectivity index (χ3n) is 3.29. The second-order valence-electron chi connectivity index (χ2n) is 4.63. The van der Waals surface area contributed by atoms with Crippen LogP contribution in [0.1, 0.15) is 16.5 Å². The smallest absolute Gasteiger partial charge is 0.107 e. The summed E-state index contributed by atoms with van der Waals surface area (Å²) in [6.45, 7) is 0. The summed E-state index contributed by atoms with van der Waals surface area (Å²) in [5.74, 6) is 0. The molecule has 20 heavy (non-hydrogen) atoms. The van der Waals surface area contributed by atoms with E-state index in [4.69, 9.17) is 11.6 Å². The van der Waals surface area contributed by atoms with Gasteiger partial charge in [0, 0.05) is 15.8 Å². The summed E-state index contributed by atoms with van der Waals surface area (Å²) in [4.78, 5) is 0.884. The van der Waals surface area contributed by atoms with Gasteiger partial charge in [0.1, 0.15) is 4.34 Å². The van der Waals surface area contributed by atoms with Gasteiger partial charge in [0.25, 0.3) is 0 Å². The van der Waals surface area contributed by atoms with E-state index in [0.29, 0.717) is 10.8 Å². The zero-order valence-corrected chi connectivity index (χ0v) is 13.7. The van der Waals surface area contributed by atoms with Crippen LogP contribution in [-0.2, 0) is 6.42 Å². The Kier molecular flexibility index (Phi) is 4.13. The SMILES string of the molecule is OC(Cc1cccc2ccccc12)c1cc(Br)c(Cl)s1. The van der Waals surface area contributed by atoms with Gasteiger partial charge in [0.15, 0.2) is 0 Å². The molecule has 1 nitrogen and oxygen atoms in total. The molecule has 0 spiro atoms. The molecule has 1 aromatic heterocycles. The van der Waals surface area contributed by atoms with E-state index in [2.05, 4.69) is 40.2 Å². The Morgan fingerprint density at radius 3 is 2.65 bits per heavy atom. The molecule has 0 amide bonds. The standard InChI is InChI=1S/C16H12BrClOS/c17-13-9-15(20-16(13)18)14(19)8-11-6-3-5-10-4-1-2-7-12(10)11/h1-7,9,14,19H,8H2. The molecule has 3 aromatic rings. The van der Waals surface area contributed by atoms with Crippen LogP contribution in [0.25, 0.3) is 10.8 Å².